The first-order chi connectivity index (χ1) is 47.7. The minimum Gasteiger partial charge on any atom is -0.462 e. The molecule has 0 spiro atoms. The second-order valence-corrected chi connectivity index (χ2v) is 31.4. The first-order valence-electron chi connectivity index (χ1n) is 41.3. The lowest BCUT2D eigenvalue weighted by atomic mass is 10.0. The number of rotatable bonds is 80. The van der Waals surface area contributed by atoms with Crippen LogP contribution in [0.4, 0.5) is 0 Å². The maximum absolute atomic E-state index is 13.1. The van der Waals surface area contributed by atoms with Crippen molar-refractivity contribution in [3.8, 4) is 0 Å². The number of hydrogen-bond acceptors (Lipinski definition) is 15. The summed E-state index contributed by atoms with van der Waals surface area (Å²) >= 11 is 0. The summed E-state index contributed by atoms with van der Waals surface area (Å²) < 4.78 is 68.5. The third-order valence-corrected chi connectivity index (χ3v) is 20.5. The molecule has 0 aromatic heterocycles. The number of phosphoric ester groups is 2. The molecule has 0 heterocycles. The lowest BCUT2D eigenvalue weighted by molar-refractivity contribution is -0.161. The highest BCUT2D eigenvalue weighted by Crippen LogP contribution is 2.45. The fourth-order valence-electron chi connectivity index (χ4n) is 12.3. The Labute approximate surface area is 600 Å². The molecule has 2 unspecified atom stereocenters. The molecule has 0 saturated carbocycles. The van der Waals surface area contributed by atoms with Gasteiger partial charge < -0.3 is 33.8 Å². The van der Waals surface area contributed by atoms with Gasteiger partial charge in [-0.05, 0) is 25.7 Å². The number of hydrogen-bond donors (Lipinski definition) is 3. The van der Waals surface area contributed by atoms with Gasteiger partial charge in [0, 0.05) is 25.7 Å². The van der Waals surface area contributed by atoms with Crippen LogP contribution in [0.15, 0.2) is 0 Å². The van der Waals surface area contributed by atoms with Crippen LogP contribution < -0.4 is 0 Å². The molecule has 0 aromatic carbocycles. The summed E-state index contributed by atoms with van der Waals surface area (Å²) in [5, 5.41) is 10.6. The van der Waals surface area contributed by atoms with Crippen LogP contribution >= 0.6 is 15.6 Å². The van der Waals surface area contributed by atoms with Gasteiger partial charge in [0.2, 0.25) is 0 Å². The number of unbranched alkanes of at least 4 members (excludes halogenated alkanes) is 54. The molecule has 98 heavy (non-hydrogen) atoms. The molecular formula is C79H154O17P2. The minimum absolute atomic E-state index is 0.107. The van der Waals surface area contributed by atoms with Crippen LogP contribution in [0.1, 0.15) is 426 Å². The van der Waals surface area contributed by atoms with Crippen molar-refractivity contribution in [1.82, 2.24) is 0 Å². The summed E-state index contributed by atoms with van der Waals surface area (Å²) in [6, 6.07) is 0. The molecule has 17 nitrogen and oxygen atoms in total. The predicted octanol–water partition coefficient (Wildman–Crippen LogP) is 23.8. The van der Waals surface area contributed by atoms with Crippen LogP contribution in [0, 0.1) is 0 Å². The fraction of sp³-hybridized carbons (Fsp3) is 0.949. The zero-order valence-electron chi connectivity index (χ0n) is 63.8. The standard InChI is InChI=1S/C79H154O17P2/c1-5-9-13-17-21-24-27-29-31-33-35-36-38-40-42-44-47-50-54-58-62-66-79(84)96-75(70-90-77(82)64-60-56-52-48-46-43-41-39-37-34-32-30-28-25-22-18-14-10-6-2)72-94-98(87,88)92-68-73(80)67-91-97(85,86)93-71-74(69-89-76(81)63-59-55-51-20-16-12-8-4)95-78(83)65-61-57-53-49-45-26-23-19-15-11-7-3/h73-75,80H,5-72H2,1-4H3,(H,85,86)(H,87,88)/t73-,74+,75+/m0/s1. The Hall–Kier alpha value is -1.94. The molecule has 5 atom stereocenters. The van der Waals surface area contributed by atoms with E-state index in [1.165, 1.54) is 244 Å². The smallest absolute Gasteiger partial charge is 0.462 e. The van der Waals surface area contributed by atoms with Gasteiger partial charge in [-0.15, -0.1) is 0 Å². The van der Waals surface area contributed by atoms with Gasteiger partial charge in [-0.3, -0.25) is 37.3 Å². The number of ether oxygens (including phenoxy) is 4. The third-order valence-electron chi connectivity index (χ3n) is 18.6. The Balaban J connectivity index is 5.15. The largest absolute Gasteiger partial charge is 0.472 e. The summed E-state index contributed by atoms with van der Waals surface area (Å²) in [5.74, 6) is -2.11. The number of carbonyl (C=O) groups excluding carboxylic acids is 4. The van der Waals surface area contributed by atoms with E-state index < -0.39 is 97.5 Å². The number of aliphatic hydroxyl groups excluding tert-OH is 1. The highest BCUT2D eigenvalue weighted by atomic mass is 31.2. The second-order valence-electron chi connectivity index (χ2n) is 28.5. The van der Waals surface area contributed by atoms with Crippen LogP contribution in [0.25, 0.3) is 0 Å². The van der Waals surface area contributed by atoms with Gasteiger partial charge in [-0.25, -0.2) is 9.13 Å². The summed E-state index contributed by atoms with van der Waals surface area (Å²) in [7, 11) is -9.91. The number of phosphoric acid groups is 2. The first kappa shape index (κ1) is 96.1. The van der Waals surface area contributed by atoms with Gasteiger partial charge >= 0.3 is 39.5 Å². The van der Waals surface area contributed by atoms with Crippen molar-refractivity contribution in [2.75, 3.05) is 39.6 Å². The van der Waals surface area contributed by atoms with Gasteiger partial charge in [0.1, 0.15) is 19.3 Å². The van der Waals surface area contributed by atoms with Crippen molar-refractivity contribution in [2.45, 2.75) is 444 Å². The molecular weight excluding hydrogens is 1280 g/mol. The van der Waals surface area contributed by atoms with Gasteiger partial charge in [-0.2, -0.15) is 0 Å². The molecule has 3 N–H and O–H groups in total. The van der Waals surface area contributed by atoms with Crippen molar-refractivity contribution >= 4 is 39.5 Å². The van der Waals surface area contributed by atoms with Crippen LogP contribution in [-0.2, 0) is 65.4 Å². The van der Waals surface area contributed by atoms with E-state index in [4.69, 9.17) is 37.0 Å². The molecule has 0 fully saturated rings. The molecule has 0 saturated heterocycles. The summed E-state index contributed by atoms with van der Waals surface area (Å²) in [6.07, 6.45) is 65.5. The quantitative estimate of drug-likeness (QED) is 0.0222. The van der Waals surface area contributed by atoms with E-state index in [-0.39, 0.29) is 25.7 Å². The average Bonchev–Trinajstić information content (AvgIpc) is 3.27. The molecule has 0 radical (unpaired) electrons. The lowest BCUT2D eigenvalue weighted by Gasteiger charge is -2.21. The highest BCUT2D eigenvalue weighted by molar-refractivity contribution is 7.47. The first-order valence-corrected chi connectivity index (χ1v) is 44.3. The van der Waals surface area contributed by atoms with E-state index in [2.05, 4.69) is 27.7 Å². The van der Waals surface area contributed by atoms with Crippen LogP contribution in [-0.4, -0.2) is 96.7 Å². The van der Waals surface area contributed by atoms with Crippen molar-refractivity contribution in [1.29, 1.82) is 0 Å². The molecule has 0 aliphatic heterocycles. The molecule has 0 aromatic rings. The topological polar surface area (TPSA) is 237 Å². The normalized spacial score (nSPS) is 13.8. The maximum atomic E-state index is 13.1. The van der Waals surface area contributed by atoms with Gasteiger partial charge in [0.15, 0.2) is 12.2 Å². The van der Waals surface area contributed by atoms with Crippen molar-refractivity contribution in [3.05, 3.63) is 0 Å². The summed E-state index contributed by atoms with van der Waals surface area (Å²) in [6.45, 7) is 4.96. The monoisotopic (exact) mass is 1440 g/mol. The van der Waals surface area contributed by atoms with E-state index in [1.807, 2.05) is 0 Å². The molecule has 0 aliphatic rings. The number of esters is 4. The zero-order chi connectivity index (χ0) is 71.8. The number of carbonyl (C=O) groups is 4. The average molecular weight is 1440 g/mol. The van der Waals surface area contributed by atoms with Crippen LogP contribution in [0.5, 0.6) is 0 Å². The molecule has 19 heteroatoms. The SMILES string of the molecule is CCCCCCCCCCCCCCCCCCCCCCCC(=O)O[C@H](COC(=O)CCCCCCCCCCCCCCCCCCCCC)COP(=O)(O)OC[C@@H](O)COP(=O)(O)OC[C@@H](COC(=O)CCCCCCCCC)OC(=O)CCCCCCCCCCCCC. The molecule has 0 bridgehead atoms. The van der Waals surface area contributed by atoms with E-state index in [9.17, 15) is 43.2 Å². The maximum Gasteiger partial charge on any atom is 0.472 e. The van der Waals surface area contributed by atoms with Crippen molar-refractivity contribution < 1.29 is 80.2 Å². The lowest BCUT2D eigenvalue weighted by Crippen LogP contribution is -2.30. The van der Waals surface area contributed by atoms with Crippen molar-refractivity contribution in [2.24, 2.45) is 0 Å². The van der Waals surface area contributed by atoms with Gasteiger partial charge in [0.05, 0.1) is 26.4 Å². The fourth-order valence-corrected chi connectivity index (χ4v) is 13.9. The number of aliphatic hydroxyl groups is 1. The highest BCUT2D eigenvalue weighted by Gasteiger charge is 2.30. The molecule has 0 rings (SSSR count). The Morgan fingerprint density at radius 1 is 0.245 bits per heavy atom. The third kappa shape index (κ3) is 72.4. The van der Waals surface area contributed by atoms with E-state index in [0.717, 1.165) is 103 Å². The second kappa shape index (κ2) is 73.4. The van der Waals surface area contributed by atoms with Gasteiger partial charge in [0.25, 0.3) is 0 Å². The Morgan fingerprint density at radius 2 is 0.408 bits per heavy atom. The Bertz CT molecular complexity index is 1860. The van der Waals surface area contributed by atoms with Crippen LogP contribution in [0.2, 0.25) is 0 Å². The van der Waals surface area contributed by atoms with Crippen molar-refractivity contribution in [3.63, 3.8) is 0 Å². The Kier molecular flexibility index (Phi) is 71.9. The van der Waals surface area contributed by atoms with Crippen LogP contribution in [0.3, 0.4) is 0 Å². The van der Waals surface area contributed by atoms with E-state index in [1.54, 1.807) is 0 Å². The zero-order valence-corrected chi connectivity index (χ0v) is 65.6. The molecule has 582 valence electrons. The summed E-state index contributed by atoms with van der Waals surface area (Å²) in [4.78, 5) is 72.7. The van der Waals surface area contributed by atoms with E-state index in [0.29, 0.717) is 25.7 Å². The van der Waals surface area contributed by atoms with E-state index >= 15 is 0 Å². The van der Waals surface area contributed by atoms with Gasteiger partial charge in [-0.1, -0.05) is 374 Å². The summed E-state index contributed by atoms with van der Waals surface area (Å²) in [5.41, 5.74) is 0. The Morgan fingerprint density at radius 3 is 0.602 bits per heavy atom. The molecule has 0 amide bonds. The predicted molar refractivity (Wildman–Crippen MR) is 400 cm³/mol. The minimum atomic E-state index is -4.96. The molecule has 0 aliphatic carbocycles.